The zero-order chi connectivity index (χ0) is 19.8. The van der Waals surface area contributed by atoms with Gasteiger partial charge in [0.2, 0.25) is 5.88 Å². The van der Waals surface area contributed by atoms with Crippen LogP contribution in [0.3, 0.4) is 0 Å². The number of hydrogen-bond donors (Lipinski definition) is 0. The van der Waals surface area contributed by atoms with Gasteiger partial charge in [0.15, 0.2) is 0 Å². The molecule has 0 N–H and O–H groups in total. The van der Waals surface area contributed by atoms with Crippen molar-refractivity contribution < 1.29 is 4.74 Å². The van der Waals surface area contributed by atoms with E-state index >= 15 is 0 Å². The first-order valence-electron chi connectivity index (χ1n) is 10.1. The topological polar surface area (TPSA) is 63.2 Å². The highest BCUT2D eigenvalue weighted by Crippen LogP contribution is 2.40. The Kier molecular flexibility index (Phi) is 4.40. The lowest BCUT2D eigenvalue weighted by Gasteiger charge is -2.25. The Morgan fingerprint density at radius 1 is 1.10 bits per heavy atom. The molecule has 0 amide bonds. The molecule has 0 unspecified atom stereocenters. The van der Waals surface area contributed by atoms with Crippen molar-refractivity contribution >= 4 is 16.4 Å². The van der Waals surface area contributed by atoms with Crippen molar-refractivity contribution in [3.8, 4) is 23.1 Å². The molecule has 0 spiro atoms. The van der Waals surface area contributed by atoms with Crippen LogP contribution >= 0.6 is 0 Å². The molecule has 0 aliphatic heterocycles. The molecule has 0 bridgehead atoms. The lowest BCUT2D eigenvalue weighted by Crippen LogP contribution is -2.12. The Morgan fingerprint density at radius 3 is 2.76 bits per heavy atom. The molecule has 3 heterocycles. The Labute approximate surface area is 169 Å². The van der Waals surface area contributed by atoms with Crippen LogP contribution in [0.15, 0.2) is 54.9 Å². The predicted molar refractivity (Wildman–Crippen MR) is 113 cm³/mol. The van der Waals surface area contributed by atoms with Gasteiger partial charge in [-0.3, -0.25) is 0 Å². The lowest BCUT2D eigenvalue weighted by atomic mass is 9.78. The van der Waals surface area contributed by atoms with Gasteiger partial charge in [0.1, 0.15) is 0 Å². The maximum atomic E-state index is 9.22. The fourth-order valence-electron chi connectivity index (χ4n) is 4.53. The second-order valence-corrected chi connectivity index (χ2v) is 7.75. The molecule has 5 rings (SSSR count). The summed E-state index contributed by atoms with van der Waals surface area (Å²) in [6.45, 7) is 0. The largest absolute Gasteiger partial charge is 0.481 e. The third-order valence-electron chi connectivity index (χ3n) is 6.11. The Morgan fingerprint density at radius 2 is 1.97 bits per heavy atom. The van der Waals surface area contributed by atoms with E-state index in [2.05, 4.69) is 40.4 Å². The third kappa shape index (κ3) is 3.11. The molecule has 1 aliphatic rings. The van der Waals surface area contributed by atoms with Crippen LogP contribution in [0.2, 0.25) is 0 Å². The number of ether oxygens (including phenoxy) is 1. The first kappa shape index (κ1) is 17.7. The van der Waals surface area contributed by atoms with Gasteiger partial charge in [0.25, 0.3) is 0 Å². The van der Waals surface area contributed by atoms with E-state index in [1.807, 2.05) is 35.1 Å². The van der Waals surface area contributed by atoms with Crippen LogP contribution in [0.4, 0.5) is 0 Å². The van der Waals surface area contributed by atoms with Crippen LogP contribution in [0.1, 0.15) is 37.2 Å². The molecule has 3 aromatic heterocycles. The summed E-state index contributed by atoms with van der Waals surface area (Å²) in [5, 5.41) is 14.9. The standard InChI is InChI=1S/C24H22N4O/c1-29-23-11-9-19-13-18(8-10-22(19)27-23)21-15-26-28-12-2-3-20(24(21)28)17-6-4-16(14-25)5-7-17/h2-3,8-13,15-17H,4-7H2,1H3. The summed E-state index contributed by atoms with van der Waals surface area (Å²) < 4.78 is 7.22. The number of nitriles is 1. The van der Waals surface area contributed by atoms with Crippen LogP contribution in [-0.4, -0.2) is 21.7 Å². The van der Waals surface area contributed by atoms with E-state index in [4.69, 9.17) is 4.74 Å². The monoisotopic (exact) mass is 382 g/mol. The van der Waals surface area contributed by atoms with Gasteiger partial charge < -0.3 is 4.74 Å². The summed E-state index contributed by atoms with van der Waals surface area (Å²) in [4.78, 5) is 4.52. The van der Waals surface area contributed by atoms with Crippen molar-refractivity contribution in [1.82, 2.24) is 14.6 Å². The SMILES string of the molecule is COc1ccc2cc(-c3cnn4cccc(C5CCC(C#N)CC5)c34)ccc2n1. The molecular weight excluding hydrogens is 360 g/mol. The summed E-state index contributed by atoms with van der Waals surface area (Å²) in [6.07, 6.45) is 8.05. The molecule has 5 nitrogen and oxygen atoms in total. The molecule has 1 fully saturated rings. The van der Waals surface area contributed by atoms with Gasteiger partial charge >= 0.3 is 0 Å². The minimum atomic E-state index is 0.209. The molecule has 1 aliphatic carbocycles. The van der Waals surface area contributed by atoms with Crippen LogP contribution in [0.25, 0.3) is 27.5 Å². The number of hydrogen-bond acceptors (Lipinski definition) is 4. The van der Waals surface area contributed by atoms with Crippen LogP contribution in [0, 0.1) is 17.2 Å². The van der Waals surface area contributed by atoms with Crippen molar-refractivity contribution in [3.63, 3.8) is 0 Å². The number of aromatic nitrogens is 3. The Balaban J connectivity index is 1.59. The highest BCUT2D eigenvalue weighted by atomic mass is 16.5. The maximum Gasteiger partial charge on any atom is 0.213 e. The number of nitrogens with zero attached hydrogens (tertiary/aromatic N) is 4. The molecule has 0 radical (unpaired) electrons. The van der Waals surface area contributed by atoms with Crippen molar-refractivity contribution in [1.29, 1.82) is 5.26 Å². The molecule has 29 heavy (non-hydrogen) atoms. The Bertz CT molecular complexity index is 1230. The molecule has 1 saturated carbocycles. The average Bonchev–Trinajstić information content (AvgIpc) is 3.23. The van der Waals surface area contributed by atoms with Gasteiger partial charge in [-0.25, -0.2) is 9.50 Å². The van der Waals surface area contributed by atoms with E-state index in [9.17, 15) is 5.26 Å². The van der Waals surface area contributed by atoms with Gasteiger partial charge in [0.05, 0.1) is 30.4 Å². The number of benzene rings is 1. The number of fused-ring (bicyclic) bond motifs is 2. The minimum Gasteiger partial charge on any atom is -0.481 e. The van der Waals surface area contributed by atoms with Crippen molar-refractivity contribution in [2.24, 2.45) is 5.92 Å². The summed E-state index contributed by atoms with van der Waals surface area (Å²) in [7, 11) is 1.63. The van der Waals surface area contributed by atoms with Gasteiger partial charge in [-0.1, -0.05) is 12.1 Å². The van der Waals surface area contributed by atoms with Crippen molar-refractivity contribution in [2.75, 3.05) is 7.11 Å². The predicted octanol–water partition coefficient (Wildman–Crippen LogP) is 5.36. The second kappa shape index (κ2) is 7.21. The smallest absolute Gasteiger partial charge is 0.213 e. The maximum absolute atomic E-state index is 9.22. The highest BCUT2D eigenvalue weighted by molar-refractivity contribution is 5.90. The fraction of sp³-hybridized carbons (Fsp3) is 0.292. The summed E-state index contributed by atoms with van der Waals surface area (Å²) in [5.41, 5.74) is 5.70. The molecule has 0 saturated heterocycles. The number of methoxy groups -OCH3 is 1. The minimum absolute atomic E-state index is 0.209. The van der Waals surface area contributed by atoms with Crippen LogP contribution in [-0.2, 0) is 0 Å². The highest BCUT2D eigenvalue weighted by Gasteiger charge is 2.25. The van der Waals surface area contributed by atoms with E-state index in [1.54, 1.807) is 7.11 Å². The van der Waals surface area contributed by atoms with Gasteiger partial charge in [0, 0.05) is 29.1 Å². The first-order valence-corrected chi connectivity index (χ1v) is 10.1. The van der Waals surface area contributed by atoms with Crippen LogP contribution < -0.4 is 4.74 Å². The van der Waals surface area contributed by atoms with Gasteiger partial charge in [-0.2, -0.15) is 10.4 Å². The van der Waals surface area contributed by atoms with E-state index in [0.29, 0.717) is 11.8 Å². The van der Waals surface area contributed by atoms with E-state index < -0.39 is 0 Å². The first-order chi connectivity index (χ1) is 14.3. The second-order valence-electron chi connectivity index (χ2n) is 7.75. The zero-order valence-electron chi connectivity index (χ0n) is 16.4. The number of pyridine rings is 2. The van der Waals surface area contributed by atoms with Crippen molar-refractivity contribution in [2.45, 2.75) is 31.6 Å². The average molecular weight is 382 g/mol. The molecular formula is C24H22N4O. The van der Waals surface area contributed by atoms with E-state index in [1.165, 1.54) is 11.1 Å². The van der Waals surface area contributed by atoms with Gasteiger partial charge in [-0.05, 0) is 67.0 Å². The molecule has 0 atom stereocenters. The third-order valence-corrected chi connectivity index (χ3v) is 6.11. The molecule has 4 aromatic rings. The van der Waals surface area contributed by atoms with Crippen LogP contribution in [0.5, 0.6) is 5.88 Å². The van der Waals surface area contributed by atoms with Crippen molar-refractivity contribution in [3.05, 3.63) is 60.4 Å². The summed E-state index contributed by atoms with van der Waals surface area (Å²) >= 11 is 0. The quantitative estimate of drug-likeness (QED) is 0.479. The van der Waals surface area contributed by atoms with E-state index in [-0.39, 0.29) is 5.92 Å². The summed E-state index contributed by atoms with van der Waals surface area (Å²) in [5.74, 6) is 1.31. The molecule has 144 valence electrons. The normalized spacial score (nSPS) is 19.3. The van der Waals surface area contributed by atoms with Gasteiger partial charge in [-0.15, -0.1) is 0 Å². The zero-order valence-corrected chi connectivity index (χ0v) is 16.4. The lowest BCUT2D eigenvalue weighted by molar-refractivity contribution is 0.383. The Hall–Kier alpha value is -3.39. The van der Waals surface area contributed by atoms with E-state index in [0.717, 1.165) is 47.7 Å². The fourth-order valence-corrected chi connectivity index (χ4v) is 4.53. The summed E-state index contributed by atoms with van der Waals surface area (Å²) in [6, 6.07) is 17.0. The molecule has 5 heteroatoms. The molecule has 1 aromatic carbocycles. The number of rotatable bonds is 3.